The van der Waals surface area contributed by atoms with E-state index in [1.165, 1.54) is 4.90 Å². The van der Waals surface area contributed by atoms with Crippen LogP contribution in [0.3, 0.4) is 0 Å². The summed E-state index contributed by atoms with van der Waals surface area (Å²) in [6, 6.07) is -0.761. The van der Waals surface area contributed by atoms with E-state index in [0.29, 0.717) is 19.5 Å². The van der Waals surface area contributed by atoms with Crippen LogP contribution >= 0.6 is 0 Å². The SMILES string of the molecule is O=C1N2CCC[C@H](C2)N1OS(=O)(=O)O. The lowest BCUT2D eigenvalue weighted by molar-refractivity contribution is -0.0316. The second-order valence-electron chi connectivity index (χ2n) is 3.35. The van der Waals surface area contributed by atoms with Gasteiger partial charge in [0.2, 0.25) is 0 Å². The highest BCUT2D eigenvalue weighted by Crippen LogP contribution is 2.25. The van der Waals surface area contributed by atoms with Crippen LogP contribution in [0.2, 0.25) is 0 Å². The van der Waals surface area contributed by atoms with Crippen molar-refractivity contribution < 1.29 is 22.0 Å². The van der Waals surface area contributed by atoms with Crippen molar-refractivity contribution in [1.29, 1.82) is 0 Å². The zero-order valence-electron chi connectivity index (χ0n) is 7.29. The Kier molecular flexibility index (Phi) is 2.13. The molecule has 1 atom stereocenters. The van der Waals surface area contributed by atoms with Crippen molar-refractivity contribution >= 4 is 16.4 Å². The molecule has 1 N–H and O–H groups in total. The van der Waals surface area contributed by atoms with E-state index in [9.17, 15) is 13.2 Å². The number of amides is 2. The van der Waals surface area contributed by atoms with Gasteiger partial charge in [0.05, 0.1) is 6.04 Å². The minimum atomic E-state index is -4.60. The van der Waals surface area contributed by atoms with Gasteiger partial charge < -0.3 is 4.90 Å². The first-order valence-corrected chi connectivity index (χ1v) is 5.59. The Morgan fingerprint density at radius 2 is 2.21 bits per heavy atom. The summed E-state index contributed by atoms with van der Waals surface area (Å²) in [7, 11) is -4.60. The van der Waals surface area contributed by atoms with Gasteiger partial charge in [0, 0.05) is 13.1 Å². The summed E-state index contributed by atoms with van der Waals surface area (Å²) in [5.41, 5.74) is 0. The highest BCUT2D eigenvalue weighted by molar-refractivity contribution is 7.80. The van der Waals surface area contributed by atoms with Crippen LogP contribution in [0, 0.1) is 0 Å². The van der Waals surface area contributed by atoms with Crippen LogP contribution in [-0.2, 0) is 14.7 Å². The first-order chi connectivity index (χ1) is 6.47. The molecule has 2 rings (SSSR count). The number of urea groups is 1. The first kappa shape index (κ1) is 9.69. The monoisotopic (exact) mass is 222 g/mol. The Balaban J connectivity index is 2.16. The number of hydrogen-bond donors (Lipinski definition) is 1. The van der Waals surface area contributed by atoms with E-state index < -0.39 is 16.4 Å². The molecule has 2 aliphatic rings. The number of piperidine rings is 1. The van der Waals surface area contributed by atoms with Crippen LogP contribution in [0.5, 0.6) is 0 Å². The number of carbonyl (C=O) groups excluding carboxylic acids is 1. The fourth-order valence-electron chi connectivity index (χ4n) is 1.81. The van der Waals surface area contributed by atoms with Crippen molar-refractivity contribution in [3.05, 3.63) is 0 Å². The van der Waals surface area contributed by atoms with Gasteiger partial charge in [-0.2, -0.15) is 13.5 Å². The number of rotatable bonds is 2. The van der Waals surface area contributed by atoms with Crippen molar-refractivity contribution in [1.82, 2.24) is 9.96 Å². The molecule has 14 heavy (non-hydrogen) atoms. The molecule has 0 aromatic heterocycles. The standard InChI is InChI=1S/C6H10N2O5S/c9-6-7-3-1-2-5(4-7)8(6)13-14(10,11)12/h5H,1-4H2,(H,10,11,12)/t5-/m1/s1. The quantitative estimate of drug-likeness (QED) is 0.643. The van der Waals surface area contributed by atoms with E-state index >= 15 is 0 Å². The van der Waals surface area contributed by atoms with Gasteiger partial charge in [-0.1, -0.05) is 0 Å². The van der Waals surface area contributed by atoms with Gasteiger partial charge in [-0.15, -0.1) is 4.28 Å². The van der Waals surface area contributed by atoms with Crippen molar-refractivity contribution in [3.63, 3.8) is 0 Å². The van der Waals surface area contributed by atoms with Crippen LogP contribution in [0.15, 0.2) is 0 Å². The lowest BCUT2D eigenvalue weighted by Crippen LogP contribution is -2.35. The largest absolute Gasteiger partial charge is 0.418 e. The number of hydrogen-bond acceptors (Lipinski definition) is 4. The average molecular weight is 222 g/mol. The molecule has 2 aliphatic heterocycles. The predicted octanol–water partition coefficient (Wildman–Crippen LogP) is -0.379. The second-order valence-corrected chi connectivity index (χ2v) is 4.36. The van der Waals surface area contributed by atoms with Gasteiger partial charge in [0.15, 0.2) is 0 Å². The maximum Gasteiger partial charge on any atom is 0.418 e. The number of fused-ring (bicyclic) bond motifs is 2. The number of nitrogens with zero attached hydrogens (tertiary/aromatic N) is 2. The van der Waals surface area contributed by atoms with E-state index in [1.54, 1.807) is 0 Å². The van der Waals surface area contributed by atoms with E-state index in [2.05, 4.69) is 4.28 Å². The molecule has 0 aromatic carbocycles. The van der Waals surface area contributed by atoms with Crippen molar-refractivity contribution in [2.45, 2.75) is 18.9 Å². The van der Waals surface area contributed by atoms with Crippen molar-refractivity contribution in [2.24, 2.45) is 0 Å². The normalized spacial score (nSPS) is 27.2. The molecule has 2 fully saturated rings. The van der Waals surface area contributed by atoms with Gasteiger partial charge in [-0.05, 0) is 12.8 Å². The van der Waals surface area contributed by atoms with Crippen LogP contribution in [0.4, 0.5) is 4.79 Å². The van der Waals surface area contributed by atoms with Crippen LogP contribution < -0.4 is 0 Å². The second kappa shape index (κ2) is 3.07. The molecule has 8 heteroatoms. The summed E-state index contributed by atoms with van der Waals surface area (Å²) in [5.74, 6) is 0. The molecule has 0 aliphatic carbocycles. The Labute approximate surface area is 81.1 Å². The first-order valence-electron chi connectivity index (χ1n) is 4.22. The Hall–Kier alpha value is -0.860. The maximum atomic E-state index is 11.4. The maximum absolute atomic E-state index is 11.4. The van der Waals surface area contributed by atoms with E-state index in [0.717, 1.165) is 11.5 Å². The molecular weight excluding hydrogens is 212 g/mol. The molecule has 2 bridgehead atoms. The molecule has 2 amide bonds. The third-order valence-electron chi connectivity index (χ3n) is 2.36. The summed E-state index contributed by atoms with van der Waals surface area (Å²) in [4.78, 5) is 12.9. The van der Waals surface area contributed by atoms with E-state index in [-0.39, 0.29) is 6.04 Å². The van der Waals surface area contributed by atoms with Gasteiger partial charge >= 0.3 is 16.4 Å². The minimum Gasteiger partial charge on any atom is -0.321 e. The highest BCUT2D eigenvalue weighted by atomic mass is 32.3. The summed E-state index contributed by atoms with van der Waals surface area (Å²) >= 11 is 0. The molecule has 0 saturated carbocycles. The van der Waals surface area contributed by atoms with Gasteiger partial charge in [-0.25, -0.2) is 4.79 Å². The fraction of sp³-hybridized carbons (Fsp3) is 0.833. The minimum absolute atomic E-state index is 0.266. The number of carbonyl (C=O) groups is 1. The molecule has 0 radical (unpaired) electrons. The van der Waals surface area contributed by atoms with E-state index in [1.807, 2.05) is 0 Å². The molecule has 2 heterocycles. The molecule has 7 nitrogen and oxygen atoms in total. The Morgan fingerprint density at radius 3 is 2.79 bits per heavy atom. The number of hydroxylamine groups is 2. The molecule has 0 aromatic rings. The Bertz CT molecular complexity index is 353. The lowest BCUT2D eigenvalue weighted by Gasteiger charge is -2.20. The zero-order chi connectivity index (χ0) is 10.3. The zero-order valence-corrected chi connectivity index (χ0v) is 8.11. The van der Waals surface area contributed by atoms with E-state index in [4.69, 9.17) is 4.55 Å². The highest BCUT2D eigenvalue weighted by Gasteiger charge is 2.42. The molecule has 0 spiro atoms. The average Bonchev–Trinajstić information content (AvgIpc) is 2.28. The summed E-state index contributed by atoms with van der Waals surface area (Å²) in [6.45, 7) is 1.08. The third-order valence-corrected chi connectivity index (χ3v) is 2.71. The topological polar surface area (TPSA) is 87.2 Å². The van der Waals surface area contributed by atoms with Crippen molar-refractivity contribution in [3.8, 4) is 0 Å². The fourth-order valence-corrected chi connectivity index (χ4v) is 2.20. The molecule has 0 unspecified atom stereocenters. The summed E-state index contributed by atoms with van der Waals surface area (Å²) < 4.78 is 33.5. The molecular formula is C6H10N2O5S. The summed E-state index contributed by atoms with van der Waals surface area (Å²) in [5, 5.41) is 0.738. The third kappa shape index (κ3) is 1.68. The predicted molar refractivity (Wildman–Crippen MR) is 44.5 cm³/mol. The summed E-state index contributed by atoms with van der Waals surface area (Å²) in [6.07, 6.45) is 1.51. The molecule has 80 valence electrons. The van der Waals surface area contributed by atoms with Gasteiger partial charge in [0.25, 0.3) is 0 Å². The van der Waals surface area contributed by atoms with Crippen LogP contribution in [0.25, 0.3) is 0 Å². The van der Waals surface area contributed by atoms with Gasteiger partial charge in [0.1, 0.15) is 0 Å². The van der Waals surface area contributed by atoms with Crippen LogP contribution in [0.1, 0.15) is 12.8 Å². The lowest BCUT2D eigenvalue weighted by atomic mass is 10.1. The molecule has 2 saturated heterocycles. The smallest absolute Gasteiger partial charge is 0.321 e. The van der Waals surface area contributed by atoms with Crippen molar-refractivity contribution in [2.75, 3.05) is 13.1 Å². The van der Waals surface area contributed by atoms with Crippen LogP contribution in [-0.4, -0.2) is 48.1 Å². The Morgan fingerprint density at radius 1 is 1.50 bits per heavy atom. The van der Waals surface area contributed by atoms with Gasteiger partial charge in [-0.3, -0.25) is 4.55 Å².